The lowest BCUT2D eigenvalue weighted by molar-refractivity contribution is -0.870. The molecule has 1 saturated heterocycles. The molecule has 0 radical (unpaired) electrons. The molecule has 1 N–H and O–H groups in total. The smallest absolute Gasteiger partial charge is 0.329 e. The van der Waals surface area contributed by atoms with Gasteiger partial charge in [0, 0.05) is 6.42 Å². The van der Waals surface area contributed by atoms with Crippen LogP contribution in [0.15, 0.2) is 0 Å². The molecule has 0 aliphatic carbocycles. The molecule has 170 valence electrons. The van der Waals surface area contributed by atoms with Crippen LogP contribution < -0.4 is 0 Å². The van der Waals surface area contributed by atoms with Crippen molar-refractivity contribution in [2.45, 2.75) is 57.1 Å². The highest BCUT2D eigenvalue weighted by atomic mass is 32.2. The predicted molar refractivity (Wildman–Crippen MR) is 116 cm³/mol. The summed E-state index contributed by atoms with van der Waals surface area (Å²) in [5, 5.41) is -0.347. The fourth-order valence-corrected chi connectivity index (χ4v) is 4.73. The summed E-state index contributed by atoms with van der Waals surface area (Å²) in [5.41, 5.74) is 0. The van der Waals surface area contributed by atoms with Crippen molar-refractivity contribution < 1.29 is 32.6 Å². The number of imide groups is 1. The number of unbranched alkanes of at least 4 members (excludes halogenated alkanes) is 5. The van der Waals surface area contributed by atoms with Gasteiger partial charge in [-0.2, -0.15) is 0 Å². The van der Waals surface area contributed by atoms with Crippen LogP contribution in [0.5, 0.6) is 0 Å². The number of quaternary nitrogens is 1. The Morgan fingerprint density at radius 2 is 1.72 bits per heavy atom. The molecule has 0 saturated carbocycles. The third-order valence-electron chi connectivity index (χ3n) is 4.61. The first kappa shape index (κ1) is 26.6. The van der Waals surface area contributed by atoms with Gasteiger partial charge < -0.3 is 9.38 Å². The second-order valence-electron chi connectivity index (χ2n) is 8.36. The number of rotatable bonds is 16. The molecule has 1 aliphatic rings. The molecule has 2 unspecified atom stereocenters. The van der Waals surface area contributed by atoms with Crippen molar-refractivity contribution >= 4 is 31.4 Å². The number of phosphoric acid groups is 1. The minimum Gasteiger partial charge on any atom is -0.329 e. The first-order valence-corrected chi connectivity index (χ1v) is 13.0. The summed E-state index contributed by atoms with van der Waals surface area (Å²) in [6.45, 7) is 2.57. The lowest BCUT2D eigenvalue weighted by atomic mass is 10.1. The molecule has 1 aliphatic heterocycles. The monoisotopic (exact) mass is 453 g/mol. The SMILES string of the molecule is CCCCCCCCSC1CC(=O)N(CCOP(=O)(O)OCC[N+](C)(C)C)C1=O. The van der Waals surface area contributed by atoms with Crippen molar-refractivity contribution in [1.29, 1.82) is 0 Å². The fraction of sp³-hybridized carbons (Fsp3) is 0.895. The number of carbonyl (C=O) groups excluding carboxylic acids is 2. The average molecular weight is 454 g/mol. The summed E-state index contributed by atoms with van der Waals surface area (Å²) in [5.74, 6) is 0.387. The van der Waals surface area contributed by atoms with Crippen molar-refractivity contribution in [3.8, 4) is 0 Å². The molecule has 2 atom stereocenters. The minimum absolute atomic E-state index is 0.0328. The van der Waals surface area contributed by atoms with E-state index in [1.807, 2.05) is 21.1 Å². The highest BCUT2D eigenvalue weighted by Crippen LogP contribution is 2.43. The minimum atomic E-state index is -4.19. The van der Waals surface area contributed by atoms with Crippen LogP contribution in [0, 0.1) is 0 Å². The van der Waals surface area contributed by atoms with Gasteiger partial charge in [-0.3, -0.25) is 23.5 Å². The largest absolute Gasteiger partial charge is 0.472 e. The second kappa shape index (κ2) is 13.1. The fourth-order valence-electron chi connectivity index (χ4n) is 2.84. The van der Waals surface area contributed by atoms with Crippen LogP contribution in [0.2, 0.25) is 0 Å². The molecule has 29 heavy (non-hydrogen) atoms. The number of nitrogens with zero attached hydrogens (tertiary/aromatic N) is 2. The molecule has 2 amide bonds. The third-order valence-corrected chi connectivity index (χ3v) is 6.92. The van der Waals surface area contributed by atoms with Gasteiger partial charge in [0.2, 0.25) is 11.8 Å². The molecule has 0 bridgehead atoms. The van der Waals surface area contributed by atoms with Gasteiger partial charge in [-0.15, -0.1) is 11.8 Å². The predicted octanol–water partition coefficient (Wildman–Crippen LogP) is 3.05. The number of likely N-dealkylation sites (tertiary alicyclic amines) is 1. The summed E-state index contributed by atoms with van der Waals surface area (Å²) in [6.07, 6.45) is 7.35. The first-order valence-electron chi connectivity index (χ1n) is 10.4. The van der Waals surface area contributed by atoms with E-state index in [4.69, 9.17) is 9.05 Å². The molecular weight excluding hydrogens is 415 g/mol. The summed E-state index contributed by atoms with van der Waals surface area (Å²) < 4.78 is 22.3. The van der Waals surface area contributed by atoms with E-state index in [-0.39, 0.29) is 43.2 Å². The number of carbonyl (C=O) groups is 2. The first-order chi connectivity index (χ1) is 13.6. The maximum atomic E-state index is 12.4. The van der Waals surface area contributed by atoms with Gasteiger partial charge in [-0.1, -0.05) is 39.0 Å². The number of hydrogen-bond donors (Lipinski definition) is 1. The maximum absolute atomic E-state index is 12.4. The molecule has 1 rings (SSSR count). The zero-order valence-electron chi connectivity index (χ0n) is 18.3. The number of phosphoric ester groups is 1. The molecular formula is C19H38N2O6PS+. The molecule has 0 aromatic heterocycles. The van der Waals surface area contributed by atoms with E-state index in [1.165, 1.54) is 37.4 Å². The summed E-state index contributed by atoms with van der Waals surface area (Å²) >= 11 is 1.53. The molecule has 1 heterocycles. The van der Waals surface area contributed by atoms with Gasteiger partial charge in [0.05, 0.1) is 39.5 Å². The van der Waals surface area contributed by atoms with Gasteiger partial charge >= 0.3 is 7.82 Å². The Balaban J connectivity index is 2.26. The van der Waals surface area contributed by atoms with E-state index in [0.29, 0.717) is 11.0 Å². The zero-order valence-corrected chi connectivity index (χ0v) is 20.0. The lowest BCUT2D eigenvalue weighted by Gasteiger charge is -2.24. The molecule has 1 fully saturated rings. The molecule has 8 nitrogen and oxygen atoms in total. The Morgan fingerprint density at radius 1 is 1.10 bits per heavy atom. The van der Waals surface area contributed by atoms with E-state index in [2.05, 4.69) is 6.92 Å². The number of likely N-dealkylation sites (N-methyl/N-ethyl adjacent to an activating group) is 1. The van der Waals surface area contributed by atoms with E-state index in [9.17, 15) is 19.0 Å². The second-order valence-corrected chi connectivity index (χ2v) is 11.1. The van der Waals surface area contributed by atoms with Crippen LogP contribution in [-0.4, -0.2) is 84.5 Å². The Labute approximate surface area is 179 Å². The maximum Gasteiger partial charge on any atom is 0.472 e. The van der Waals surface area contributed by atoms with E-state index < -0.39 is 7.82 Å². The summed E-state index contributed by atoms with van der Waals surface area (Å²) in [7, 11) is 1.64. The number of amides is 2. The van der Waals surface area contributed by atoms with Crippen LogP contribution in [0.4, 0.5) is 0 Å². The van der Waals surface area contributed by atoms with Crippen molar-refractivity contribution in [3.05, 3.63) is 0 Å². The Kier molecular flexibility index (Phi) is 12.0. The standard InChI is InChI=1S/C19H37N2O6PS/c1-5-6-7-8-9-10-15-29-17-16-18(22)20(19(17)23)11-13-26-28(24,25)27-14-12-21(2,3)4/h17H,5-16H2,1-4H3/p+1. The average Bonchev–Trinajstić information content (AvgIpc) is 2.87. The van der Waals surface area contributed by atoms with Crippen molar-refractivity contribution in [2.75, 3.05) is 53.2 Å². The highest BCUT2D eigenvalue weighted by molar-refractivity contribution is 8.00. The molecule has 0 spiro atoms. The molecule has 0 aromatic rings. The number of thioether (sulfide) groups is 1. The lowest BCUT2D eigenvalue weighted by Crippen LogP contribution is -2.37. The van der Waals surface area contributed by atoms with Crippen LogP contribution in [0.25, 0.3) is 0 Å². The highest BCUT2D eigenvalue weighted by Gasteiger charge is 2.38. The van der Waals surface area contributed by atoms with Gasteiger partial charge in [0.25, 0.3) is 0 Å². The normalized spacial score (nSPS) is 19.8. The quantitative estimate of drug-likeness (QED) is 0.166. The summed E-state index contributed by atoms with van der Waals surface area (Å²) in [4.78, 5) is 35.4. The van der Waals surface area contributed by atoms with Crippen molar-refractivity contribution in [1.82, 2.24) is 4.90 Å². The molecule has 10 heteroatoms. The summed E-state index contributed by atoms with van der Waals surface area (Å²) in [6, 6.07) is 0. The number of hydrogen-bond acceptors (Lipinski definition) is 6. The van der Waals surface area contributed by atoms with E-state index >= 15 is 0 Å². The van der Waals surface area contributed by atoms with Gasteiger partial charge in [0.1, 0.15) is 13.2 Å². The topological polar surface area (TPSA) is 93.1 Å². The Hall–Kier alpha value is -0.440. The zero-order chi connectivity index (χ0) is 21.9. The third kappa shape index (κ3) is 11.5. The van der Waals surface area contributed by atoms with Crippen LogP contribution >= 0.6 is 19.6 Å². The van der Waals surface area contributed by atoms with Crippen LogP contribution in [0.3, 0.4) is 0 Å². The van der Waals surface area contributed by atoms with E-state index in [1.54, 1.807) is 0 Å². The van der Waals surface area contributed by atoms with Crippen molar-refractivity contribution in [3.63, 3.8) is 0 Å². The Bertz CT molecular complexity index is 569. The van der Waals surface area contributed by atoms with Gasteiger partial charge in [-0.05, 0) is 12.2 Å². The van der Waals surface area contributed by atoms with Gasteiger partial charge in [-0.25, -0.2) is 4.57 Å². The van der Waals surface area contributed by atoms with Gasteiger partial charge in [0.15, 0.2) is 0 Å². The van der Waals surface area contributed by atoms with E-state index in [0.717, 1.165) is 23.5 Å². The molecule has 0 aromatic carbocycles. The van der Waals surface area contributed by atoms with Crippen molar-refractivity contribution in [2.24, 2.45) is 0 Å². The van der Waals surface area contributed by atoms with Crippen LogP contribution in [0.1, 0.15) is 51.9 Å². The Morgan fingerprint density at radius 3 is 2.38 bits per heavy atom. The van der Waals surface area contributed by atoms with Crippen LogP contribution in [-0.2, 0) is 23.2 Å².